The molecule has 0 saturated carbocycles. The van der Waals surface area contributed by atoms with E-state index in [9.17, 15) is 9.59 Å². The van der Waals surface area contributed by atoms with E-state index in [1.807, 2.05) is 31.2 Å². The number of hydrogen-bond acceptors (Lipinski definition) is 6. The molecular formula is C25H31N3O3S2. The number of carbonyl (C=O) groups is 2. The molecule has 2 aliphatic rings. The van der Waals surface area contributed by atoms with E-state index in [0.717, 1.165) is 73.7 Å². The van der Waals surface area contributed by atoms with Gasteiger partial charge in [-0.1, -0.05) is 6.42 Å². The summed E-state index contributed by atoms with van der Waals surface area (Å²) in [6.07, 6.45) is 5.41. The summed E-state index contributed by atoms with van der Waals surface area (Å²) in [6, 6.07) is 7.78. The predicted molar refractivity (Wildman–Crippen MR) is 138 cm³/mol. The number of anilines is 2. The summed E-state index contributed by atoms with van der Waals surface area (Å²) in [6.45, 7) is 7.05. The number of thiophene rings is 1. The van der Waals surface area contributed by atoms with Gasteiger partial charge in [0, 0.05) is 42.3 Å². The number of Topliss-reactive ketones (excluding diaryl/α,β-unsaturated/α-hetero) is 1. The number of hydrogen-bond donors (Lipinski definition) is 1. The number of nitrogens with zero attached hydrogens (tertiary/aromatic N) is 2. The van der Waals surface area contributed by atoms with Crippen LogP contribution in [0.2, 0.25) is 0 Å². The van der Waals surface area contributed by atoms with Crippen LogP contribution in [0.5, 0.6) is 0 Å². The number of fused-ring (bicyclic) bond motifs is 1. The van der Waals surface area contributed by atoms with E-state index in [4.69, 9.17) is 17.0 Å². The predicted octanol–water partition coefficient (Wildman–Crippen LogP) is 4.92. The van der Waals surface area contributed by atoms with Crippen LogP contribution in [0.25, 0.3) is 0 Å². The summed E-state index contributed by atoms with van der Waals surface area (Å²) in [5.74, 6) is -0.170. The molecule has 1 N–H and O–H groups in total. The largest absolute Gasteiger partial charge is 0.462 e. The number of nitrogens with one attached hydrogen (secondary N) is 1. The van der Waals surface area contributed by atoms with Crippen LogP contribution in [0, 0.1) is 0 Å². The molecule has 0 radical (unpaired) electrons. The highest BCUT2D eigenvalue weighted by molar-refractivity contribution is 7.80. The van der Waals surface area contributed by atoms with E-state index in [1.165, 1.54) is 11.3 Å². The maximum atomic E-state index is 12.8. The zero-order valence-corrected chi connectivity index (χ0v) is 20.9. The van der Waals surface area contributed by atoms with Crippen LogP contribution in [-0.4, -0.2) is 54.6 Å². The molecule has 2 heterocycles. The number of ketones is 1. The van der Waals surface area contributed by atoms with Crippen LogP contribution in [0.4, 0.5) is 10.7 Å². The molecule has 176 valence electrons. The van der Waals surface area contributed by atoms with Crippen LogP contribution in [-0.2, 0) is 17.6 Å². The van der Waals surface area contributed by atoms with E-state index in [2.05, 4.69) is 15.1 Å². The quantitative estimate of drug-likeness (QED) is 0.279. The molecule has 0 atom stereocenters. The minimum Gasteiger partial charge on any atom is -0.462 e. The first kappa shape index (κ1) is 23.7. The molecule has 1 aromatic heterocycles. The van der Waals surface area contributed by atoms with Crippen molar-refractivity contribution in [3.8, 4) is 0 Å². The Balaban J connectivity index is 1.43. The van der Waals surface area contributed by atoms with Crippen LogP contribution >= 0.6 is 23.6 Å². The van der Waals surface area contributed by atoms with Gasteiger partial charge in [0.15, 0.2) is 10.9 Å². The van der Waals surface area contributed by atoms with E-state index in [1.54, 1.807) is 18.3 Å². The molecule has 1 aromatic carbocycles. The molecule has 2 aromatic rings. The minimum atomic E-state index is -0.249. The molecule has 1 aliphatic heterocycles. The maximum absolute atomic E-state index is 12.8. The summed E-state index contributed by atoms with van der Waals surface area (Å²) < 4.78 is 5.39. The Kier molecular flexibility index (Phi) is 7.65. The van der Waals surface area contributed by atoms with Crippen LogP contribution in [0.1, 0.15) is 64.3 Å². The normalized spacial score (nSPS) is 16.1. The first-order valence-corrected chi connectivity index (χ1v) is 12.9. The fourth-order valence-corrected chi connectivity index (χ4v) is 6.13. The van der Waals surface area contributed by atoms with Gasteiger partial charge in [-0.15, -0.1) is 11.3 Å². The maximum Gasteiger partial charge on any atom is 0.341 e. The molecular weight excluding hydrogens is 454 g/mol. The molecule has 4 rings (SSSR count). The number of aryl methyl sites for hydroxylation is 1. The number of esters is 1. The third-order valence-corrected chi connectivity index (χ3v) is 7.89. The molecule has 0 spiro atoms. The van der Waals surface area contributed by atoms with Gasteiger partial charge in [0.25, 0.3) is 0 Å². The van der Waals surface area contributed by atoms with Crippen molar-refractivity contribution in [2.45, 2.75) is 46.0 Å². The van der Waals surface area contributed by atoms with Crippen molar-refractivity contribution in [3.63, 3.8) is 0 Å². The summed E-state index contributed by atoms with van der Waals surface area (Å²) in [7, 11) is 0. The Labute approximate surface area is 204 Å². The summed E-state index contributed by atoms with van der Waals surface area (Å²) in [5.41, 5.74) is 3.69. The van der Waals surface area contributed by atoms with Gasteiger partial charge in [-0.05, 0) is 81.6 Å². The number of rotatable bonds is 5. The van der Waals surface area contributed by atoms with Crippen LogP contribution < -0.4 is 10.2 Å². The smallest absolute Gasteiger partial charge is 0.341 e. The Morgan fingerprint density at radius 3 is 2.42 bits per heavy atom. The molecule has 0 unspecified atom stereocenters. The number of benzene rings is 1. The number of ether oxygens (including phenoxy) is 1. The van der Waals surface area contributed by atoms with Gasteiger partial charge in [-0.3, -0.25) is 4.79 Å². The Morgan fingerprint density at radius 1 is 1.06 bits per heavy atom. The van der Waals surface area contributed by atoms with Crippen molar-refractivity contribution >= 4 is 51.1 Å². The fourth-order valence-electron chi connectivity index (χ4n) is 4.50. The minimum absolute atomic E-state index is 0.0795. The lowest BCUT2D eigenvalue weighted by atomic mass is 10.1. The van der Waals surface area contributed by atoms with E-state index in [0.29, 0.717) is 17.3 Å². The van der Waals surface area contributed by atoms with Crippen molar-refractivity contribution < 1.29 is 14.3 Å². The Hall–Kier alpha value is -2.45. The molecule has 1 aliphatic carbocycles. The monoisotopic (exact) mass is 485 g/mol. The first-order chi connectivity index (χ1) is 16.0. The third-order valence-electron chi connectivity index (χ3n) is 6.33. The van der Waals surface area contributed by atoms with Gasteiger partial charge in [-0.25, -0.2) is 4.79 Å². The SMILES string of the molecule is CCOC(=O)c1c(NC(=S)N2CCN(c3ccc(C(C)=O)cc3)CC2)sc2c1CCCCC2. The van der Waals surface area contributed by atoms with Crippen molar-refractivity contribution in [2.24, 2.45) is 0 Å². The van der Waals surface area contributed by atoms with Gasteiger partial charge in [-0.2, -0.15) is 0 Å². The van der Waals surface area contributed by atoms with Gasteiger partial charge >= 0.3 is 5.97 Å². The lowest BCUT2D eigenvalue weighted by Gasteiger charge is -2.37. The van der Waals surface area contributed by atoms with E-state index >= 15 is 0 Å². The summed E-state index contributed by atoms with van der Waals surface area (Å²) >= 11 is 7.41. The van der Waals surface area contributed by atoms with Crippen molar-refractivity contribution in [2.75, 3.05) is 43.0 Å². The highest BCUT2D eigenvalue weighted by Gasteiger charge is 2.27. The van der Waals surface area contributed by atoms with Gasteiger partial charge in [0.05, 0.1) is 12.2 Å². The second-order valence-corrected chi connectivity index (χ2v) is 9.99. The second kappa shape index (κ2) is 10.7. The van der Waals surface area contributed by atoms with Crippen molar-refractivity contribution in [3.05, 3.63) is 45.8 Å². The van der Waals surface area contributed by atoms with Crippen molar-refractivity contribution in [1.29, 1.82) is 0 Å². The van der Waals surface area contributed by atoms with Crippen LogP contribution in [0.3, 0.4) is 0 Å². The summed E-state index contributed by atoms with van der Waals surface area (Å²) in [5, 5.41) is 4.87. The number of carbonyl (C=O) groups excluding carboxylic acids is 2. The molecule has 0 amide bonds. The average Bonchev–Trinajstić information content (AvgIpc) is 2.99. The average molecular weight is 486 g/mol. The van der Waals surface area contributed by atoms with Gasteiger partial charge < -0.3 is 19.9 Å². The second-order valence-electron chi connectivity index (χ2n) is 8.50. The highest BCUT2D eigenvalue weighted by atomic mass is 32.1. The zero-order chi connectivity index (χ0) is 23.4. The highest BCUT2D eigenvalue weighted by Crippen LogP contribution is 2.38. The first-order valence-electron chi connectivity index (χ1n) is 11.7. The van der Waals surface area contributed by atoms with Gasteiger partial charge in [0.2, 0.25) is 0 Å². The van der Waals surface area contributed by atoms with Crippen molar-refractivity contribution in [1.82, 2.24) is 4.90 Å². The van der Waals surface area contributed by atoms with Gasteiger partial charge in [0.1, 0.15) is 5.00 Å². The van der Waals surface area contributed by atoms with E-state index in [-0.39, 0.29) is 11.8 Å². The molecule has 6 nitrogen and oxygen atoms in total. The third kappa shape index (κ3) is 5.38. The molecule has 33 heavy (non-hydrogen) atoms. The standard InChI is InChI=1S/C25H31N3O3S2/c1-3-31-24(30)22-20-7-5-4-6-8-21(20)33-23(22)26-25(32)28-15-13-27(14-16-28)19-11-9-18(10-12-19)17(2)29/h9-12H,3-8,13-16H2,1-2H3,(H,26,32). The lowest BCUT2D eigenvalue weighted by molar-refractivity contribution is 0.0526. The van der Waals surface area contributed by atoms with Crippen LogP contribution in [0.15, 0.2) is 24.3 Å². The fraction of sp³-hybridized carbons (Fsp3) is 0.480. The van der Waals surface area contributed by atoms with E-state index < -0.39 is 0 Å². The number of thiocarbonyl (C=S) groups is 1. The Morgan fingerprint density at radius 2 is 1.76 bits per heavy atom. The topological polar surface area (TPSA) is 61.9 Å². The molecule has 1 fully saturated rings. The molecule has 0 bridgehead atoms. The molecule has 1 saturated heterocycles. The lowest BCUT2D eigenvalue weighted by Crippen LogP contribution is -2.50. The Bertz CT molecular complexity index is 1020. The number of piperazine rings is 1. The zero-order valence-electron chi connectivity index (χ0n) is 19.3. The molecule has 8 heteroatoms. The summed E-state index contributed by atoms with van der Waals surface area (Å²) in [4.78, 5) is 30.1.